The molecule has 4 heteroatoms. The van der Waals surface area contributed by atoms with E-state index in [0.29, 0.717) is 11.3 Å². The first-order chi connectivity index (χ1) is 8.20. The fourth-order valence-electron chi connectivity index (χ4n) is 1.86. The Labute approximate surface area is 102 Å². The topological polar surface area (TPSA) is 65.1 Å². The molecule has 3 N–H and O–H groups in total. The molecule has 0 spiro atoms. The summed E-state index contributed by atoms with van der Waals surface area (Å²) in [5.74, 6) is 0. The Morgan fingerprint density at radius 3 is 2.88 bits per heavy atom. The van der Waals surface area contributed by atoms with Crippen LogP contribution in [0.3, 0.4) is 0 Å². The molecule has 0 aromatic heterocycles. The van der Waals surface area contributed by atoms with Gasteiger partial charge >= 0.3 is 0 Å². The molecular formula is C13H18N4. The van der Waals surface area contributed by atoms with Crippen LogP contribution in [0, 0.1) is 11.3 Å². The predicted molar refractivity (Wildman–Crippen MR) is 69.7 cm³/mol. The van der Waals surface area contributed by atoms with Crippen LogP contribution in [-0.2, 0) is 0 Å². The second-order valence-corrected chi connectivity index (χ2v) is 4.55. The maximum absolute atomic E-state index is 8.74. The lowest BCUT2D eigenvalue weighted by atomic mass is 10.2. The number of nitrogen functional groups attached to an aromatic ring is 1. The Morgan fingerprint density at radius 1 is 1.53 bits per heavy atom. The molecule has 0 aliphatic heterocycles. The van der Waals surface area contributed by atoms with Crippen LogP contribution in [0.15, 0.2) is 18.2 Å². The van der Waals surface area contributed by atoms with E-state index in [-0.39, 0.29) is 0 Å². The Hall–Kier alpha value is -1.73. The fourth-order valence-corrected chi connectivity index (χ4v) is 1.86. The van der Waals surface area contributed by atoms with Crippen molar-refractivity contribution in [3.05, 3.63) is 23.8 Å². The molecule has 1 aromatic rings. The van der Waals surface area contributed by atoms with Crippen molar-refractivity contribution in [2.24, 2.45) is 0 Å². The third-order valence-corrected chi connectivity index (χ3v) is 3.13. The molecule has 4 nitrogen and oxygen atoms in total. The Morgan fingerprint density at radius 2 is 2.29 bits per heavy atom. The molecule has 0 radical (unpaired) electrons. The van der Waals surface area contributed by atoms with Crippen LogP contribution in [0.4, 0.5) is 11.4 Å². The van der Waals surface area contributed by atoms with Crippen molar-refractivity contribution < 1.29 is 0 Å². The number of nitriles is 1. The molecule has 0 amide bonds. The summed E-state index contributed by atoms with van der Waals surface area (Å²) in [4.78, 5) is 2.37. The number of hydrogen-bond donors (Lipinski definition) is 2. The zero-order chi connectivity index (χ0) is 12.3. The van der Waals surface area contributed by atoms with Crippen LogP contribution in [0.5, 0.6) is 0 Å². The number of nitrogens with zero attached hydrogens (tertiary/aromatic N) is 2. The van der Waals surface area contributed by atoms with Gasteiger partial charge in [0.2, 0.25) is 0 Å². The minimum absolute atomic E-state index is 0.600. The summed E-state index contributed by atoms with van der Waals surface area (Å²) in [5, 5.41) is 12.0. The first-order valence-corrected chi connectivity index (χ1v) is 5.94. The number of hydrogen-bond acceptors (Lipinski definition) is 4. The molecule has 90 valence electrons. The van der Waals surface area contributed by atoms with E-state index in [4.69, 9.17) is 11.0 Å². The normalized spacial score (nSPS) is 14.6. The van der Waals surface area contributed by atoms with Crippen LogP contribution in [0.2, 0.25) is 0 Å². The van der Waals surface area contributed by atoms with Gasteiger partial charge in [0.15, 0.2) is 0 Å². The zero-order valence-corrected chi connectivity index (χ0v) is 10.1. The lowest BCUT2D eigenvalue weighted by Crippen LogP contribution is -2.27. The predicted octanol–water partition coefficient (Wildman–Crippen LogP) is 1.65. The van der Waals surface area contributed by atoms with Crippen molar-refractivity contribution in [2.75, 3.05) is 31.2 Å². The van der Waals surface area contributed by atoms with Crippen molar-refractivity contribution in [1.29, 1.82) is 5.26 Å². The van der Waals surface area contributed by atoms with Gasteiger partial charge < -0.3 is 16.0 Å². The summed E-state index contributed by atoms with van der Waals surface area (Å²) in [6.07, 6.45) is 2.66. The average Bonchev–Trinajstić information content (AvgIpc) is 3.15. The zero-order valence-electron chi connectivity index (χ0n) is 10.1. The van der Waals surface area contributed by atoms with Crippen LogP contribution in [0.25, 0.3) is 0 Å². The number of rotatable bonds is 5. The Balaban J connectivity index is 1.84. The average molecular weight is 230 g/mol. The van der Waals surface area contributed by atoms with E-state index in [1.54, 1.807) is 12.1 Å². The summed E-state index contributed by atoms with van der Waals surface area (Å²) in [6.45, 7) is 1.90. The summed E-state index contributed by atoms with van der Waals surface area (Å²) in [5.41, 5.74) is 8.01. The molecule has 1 fully saturated rings. The number of nitrogens with two attached hydrogens (primary N) is 1. The standard InChI is InChI=1S/C13H18N4/c1-17(11-3-4-11)7-6-16-13-5-2-10(9-14)8-12(13)15/h2,5,8,11,16H,3-4,6-7,15H2,1H3. The lowest BCUT2D eigenvalue weighted by Gasteiger charge is -2.17. The van der Waals surface area contributed by atoms with Gasteiger partial charge in [-0.2, -0.15) is 5.26 Å². The quantitative estimate of drug-likeness (QED) is 0.755. The van der Waals surface area contributed by atoms with Gasteiger partial charge in [0.1, 0.15) is 0 Å². The van der Waals surface area contributed by atoms with Crippen molar-refractivity contribution in [1.82, 2.24) is 4.90 Å². The van der Waals surface area contributed by atoms with E-state index >= 15 is 0 Å². The van der Waals surface area contributed by atoms with Gasteiger partial charge in [0, 0.05) is 19.1 Å². The first kappa shape index (κ1) is 11.7. The fraction of sp³-hybridized carbons (Fsp3) is 0.462. The summed E-state index contributed by atoms with van der Waals surface area (Å²) >= 11 is 0. The van der Waals surface area contributed by atoms with Gasteiger partial charge in [-0.3, -0.25) is 0 Å². The second-order valence-electron chi connectivity index (χ2n) is 4.55. The van der Waals surface area contributed by atoms with Crippen molar-refractivity contribution in [3.8, 4) is 6.07 Å². The number of nitrogens with one attached hydrogen (secondary N) is 1. The smallest absolute Gasteiger partial charge is 0.0992 e. The molecule has 0 heterocycles. The molecule has 1 aliphatic carbocycles. The summed E-state index contributed by atoms with van der Waals surface area (Å²) in [7, 11) is 2.15. The molecule has 1 saturated carbocycles. The molecular weight excluding hydrogens is 212 g/mol. The van der Waals surface area contributed by atoms with Crippen molar-refractivity contribution in [2.45, 2.75) is 18.9 Å². The molecule has 2 rings (SSSR count). The van der Waals surface area contributed by atoms with Crippen molar-refractivity contribution >= 4 is 11.4 Å². The highest BCUT2D eigenvalue weighted by Crippen LogP contribution is 2.25. The van der Waals surface area contributed by atoms with E-state index < -0.39 is 0 Å². The third kappa shape index (κ3) is 3.11. The van der Waals surface area contributed by atoms with Crippen LogP contribution in [0.1, 0.15) is 18.4 Å². The molecule has 0 unspecified atom stereocenters. The Kier molecular flexibility index (Phi) is 3.50. The largest absolute Gasteiger partial charge is 0.397 e. The van der Waals surface area contributed by atoms with Crippen LogP contribution < -0.4 is 11.1 Å². The van der Waals surface area contributed by atoms with Crippen LogP contribution in [-0.4, -0.2) is 31.1 Å². The number of anilines is 2. The Bertz CT molecular complexity index is 432. The van der Waals surface area contributed by atoms with E-state index in [1.807, 2.05) is 6.07 Å². The van der Waals surface area contributed by atoms with E-state index in [1.165, 1.54) is 12.8 Å². The highest BCUT2D eigenvalue weighted by atomic mass is 15.2. The summed E-state index contributed by atoms with van der Waals surface area (Å²) < 4.78 is 0. The molecule has 17 heavy (non-hydrogen) atoms. The highest BCUT2D eigenvalue weighted by Gasteiger charge is 2.25. The number of likely N-dealkylation sites (N-methyl/N-ethyl adjacent to an activating group) is 1. The minimum Gasteiger partial charge on any atom is -0.397 e. The second kappa shape index (κ2) is 5.07. The SMILES string of the molecule is CN(CCNc1ccc(C#N)cc1N)C1CC1. The van der Waals surface area contributed by atoms with Gasteiger partial charge in [-0.05, 0) is 38.1 Å². The van der Waals surface area contributed by atoms with Crippen molar-refractivity contribution in [3.63, 3.8) is 0 Å². The van der Waals surface area contributed by atoms with E-state index in [0.717, 1.165) is 24.8 Å². The monoisotopic (exact) mass is 230 g/mol. The number of benzene rings is 1. The maximum Gasteiger partial charge on any atom is 0.0992 e. The van der Waals surface area contributed by atoms with E-state index in [2.05, 4.69) is 23.3 Å². The van der Waals surface area contributed by atoms with Gasteiger partial charge in [-0.15, -0.1) is 0 Å². The van der Waals surface area contributed by atoms with Gasteiger partial charge in [-0.1, -0.05) is 0 Å². The highest BCUT2D eigenvalue weighted by molar-refractivity contribution is 5.68. The molecule has 0 saturated heterocycles. The van der Waals surface area contributed by atoms with Gasteiger partial charge in [-0.25, -0.2) is 0 Å². The molecule has 1 aliphatic rings. The maximum atomic E-state index is 8.74. The first-order valence-electron chi connectivity index (χ1n) is 5.94. The van der Waals surface area contributed by atoms with Crippen LogP contribution >= 0.6 is 0 Å². The lowest BCUT2D eigenvalue weighted by molar-refractivity contribution is 0.337. The molecule has 1 aromatic carbocycles. The molecule has 0 atom stereocenters. The van der Waals surface area contributed by atoms with Gasteiger partial charge in [0.05, 0.1) is 23.0 Å². The minimum atomic E-state index is 0.600. The van der Waals surface area contributed by atoms with E-state index in [9.17, 15) is 0 Å². The third-order valence-electron chi connectivity index (χ3n) is 3.13. The molecule has 0 bridgehead atoms. The van der Waals surface area contributed by atoms with Gasteiger partial charge in [0.25, 0.3) is 0 Å². The summed E-state index contributed by atoms with van der Waals surface area (Å²) in [6, 6.07) is 8.21.